The highest BCUT2D eigenvalue weighted by molar-refractivity contribution is 5.84. The second-order valence-electron chi connectivity index (χ2n) is 9.78. The molecule has 4 rings (SSSR count). The van der Waals surface area contributed by atoms with E-state index in [1.165, 1.54) is 35.9 Å². The second-order valence-corrected chi connectivity index (χ2v) is 9.78. The summed E-state index contributed by atoms with van der Waals surface area (Å²) in [7, 11) is 4.20. The van der Waals surface area contributed by atoms with Crippen molar-refractivity contribution in [2.24, 2.45) is 5.92 Å². The predicted molar refractivity (Wildman–Crippen MR) is 128 cm³/mol. The van der Waals surface area contributed by atoms with Gasteiger partial charge in [0.25, 0.3) is 0 Å². The third-order valence-corrected chi connectivity index (χ3v) is 7.60. The number of hydrogen-bond donors (Lipinski definition) is 0. The van der Waals surface area contributed by atoms with Crippen LogP contribution in [0.15, 0.2) is 30.5 Å². The maximum atomic E-state index is 12.8. The van der Waals surface area contributed by atoms with Gasteiger partial charge >= 0.3 is 0 Å². The number of hydrogen-bond acceptors (Lipinski definition) is 3. The zero-order valence-corrected chi connectivity index (χ0v) is 19.7. The van der Waals surface area contributed by atoms with Crippen molar-refractivity contribution in [1.29, 1.82) is 0 Å². The van der Waals surface area contributed by atoms with E-state index in [0.29, 0.717) is 24.3 Å². The number of aromatic nitrogens is 1. The molecule has 1 amide bonds. The first-order valence-electron chi connectivity index (χ1n) is 12.3. The Labute approximate surface area is 188 Å². The minimum atomic E-state index is 0.345. The second kappa shape index (κ2) is 10.2. The van der Waals surface area contributed by atoms with Gasteiger partial charge in [-0.3, -0.25) is 9.69 Å². The molecule has 2 aromatic rings. The van der Waals surface area contributed by atoms with Crippen LogP contribution in [0.5, 0.6) is 0 Å². The number of benzene rings is 1. The van der Waals surface area contributed by atoms with Gasteiger partial charge in [0.1, 0.15) is 0 Å². The van der Waals surface area contributed by atoms with Crippen LogP contribution in [-0.4, -0.2) is 71.5 Å². The Morgan fingerprint density at radius 1 is 1.13 bits per heavy atom. The third kappa shape index (κ3) is 5.32. The maximum absolute atomic E-state index is 12.8. The quantitative estimate of drug-likeness (QED) is 0.667. The average molecular weight is 425 g/mol. The first-order chi connectivity index (χ1) is 15.0. The van der Waals surface area contributed by atoms with Gasteiger partial charge in [-0.1, -0.05) is 18.2 Å². The molecule has 3 heterocycles. The number of fused-ring (bicyclic) bond motifs is 1. The lowest BCUT2D eigenvalue weighted by Gasteiger charge is -2.36. The number of carbonyl (C=O) groups excluding carboxylic acids is 1. The normalized spacial score (nSPS) is 21.6. The number of para-hydroxylation sites is 1. The number of likely N-dealkylation sites (tertiary alicyclic amines) is 2. The Balaban J connectivity index is 1.29. The van der Waals surface area contributed by atoms with Crippen LogP contribution in [0.2, 0.25) is 0 Å². The molecule has 5 nitrogen and oxygen atoms in total. The van der Waals surface area contributed by atoms with Crippen molar-refractivity contribution in [1.82, 2.24) is 19.3 Å². The number of aryl methyl sites for hydroxylation is 1. The lowest BCUT2D eigenvalue weighted by Crippen LogP contribution is -2.44. The Hall–Kier alpha value is -1.85. The van der Waals surface area contributed by atoms with E-state index in [0.717, 1.165) is 52.0 Å². The molecular formula is C26H40N4O. The summed E-state index contributed by atoms with van der Waals surface area (Å²) in [4.78, 5) is 19.8. The summed E-state index contributed by atoms with van der Waals surface area (Å²) in [6.45, 7) is 8.75. The molecule has 2 fully saturated rings. The Kier molecular flexibility index (Phi) is 7.34. The fourth-order valence-corrected chi connectivity index (χ4v) is 5.57. The summed E-state index contributed by atoms with van der Waals surface area (Å²) < 4.78 is 2.36. The van der Waals surface area contributed by atoms with Crippen LogP contribution in [-0.2, 0) is 17.9 Å². The lowest BCUT2D eigenvalue weighted by atomic mass is 9.92. The molecule has 0 saturated carbocycles. The molecule has 0 radical (unpaired) electrons. The van der Waals surface area contributed by atoms with E-state index in [-0.39, 0.29) is 0 Å². The molecule has 0 N–H and O–H groups in total. The molecule has 0 bridgehead atoms. The molecule has 5 heteroatoms. The van der Waals surface area contributed by atoms with Crippen LogP contribution in [0.3, 0.4) is 0 Å². The third-order valence-electron chi connectivity index (χ3n) is 7.60. The van der Waals surface area contributed by atoms with E-state index in [4.69, 9.17) is 0 Å². The predicted octanol–water partition coefficient (Wildman–Crippen LogP) is 4.21. The summed E-state index contributed by atoms with van der Waals surface area (Å²) in [5.41, 5.74) is 2.78. The zero-order chi connectivity index (χ0) is 21.8. The monoisotopic (exact) mass is 424 g/mol. The summed E-state index contributed by atoms with van der Waals surface area (Å²) in [6, 6.07) is 9.21. The maximum Gasteiger partial charge on any atom is 0.222 e. The molecule has 1 atom stereocenters. The van der Waals surface area contributed by atoms with Gasteiger partial charge in [-0.2, -0.15) is 0 Å². The van der Waals surface area contributed by atoms with Gasteiger partial charge in [0, 0.05) is 56.2 Å². The largest absolute Gasteiger partial charge is 0.347 e. The van der Waals surface area contributed by atoms with Crippen LogP contribution in [0.25, 0.3) is 10.9 Å². The number of nitrogens with zero attached hydrogens (tertiary/aromatic N) is 4. The van der Waals surface area contributed by atoms with Crippen molar-refractivity contribution in [2.75, 3.05) is 40.3 Å². The molecule has 0 aliphatic carbocycles. The average Bonchev–Trinajstić information content (AvgIpc) is 3.15. The van der Waals surface area contributed by atoms with Crippen LogP contribution in [0.1, 0.15) is 51.0 Å². The fourth-order valence-electron chi connectivity index (χ4n) is 5.57. The van der Waals surface area contributed by atoms with E-state index < -0.39 is 0 Å². The Morgan fingerprint density at radius 3 is 2.68 bits per heavy atom. The van der Waals surface area contributed by atoms with Gasteiger partial charge in [-0.25, -0.2) is 0 Å². The van der Waals surface area contributed by atoms with Gasteiger partial charge in [-0.15, -0.1) is 0 Å². The first-order valence-corrected chi connectivity index (χ1v) is 12.3. The molecule has 2 aliphatic heterocycles. The number of amides is 1. The SMILES string of the molecule is CCn1cc(CN2CCCC(CCC(=O)N(C)C3CCN(C)CC3)C2)c2ccccc21. The summed E-state index contributed by atoms with van der Waals surface area (Å²) in [6.07, 6.45) is 8.81. The molecule has 2 aliphatic rings. The Morgan fingerprint density at radius 2 is 1.90 bits per heavy atom. The summed E-state index contributed by atoms with van der Waals surface area (Å²) in [5, 5.41) is 1.39. The van der Waals surface area contributed by atoms with Crippen LogP contribution < -0.4 is 0 Å². The molecule has 1 unspecified atom stereocenters. The topological polar surface area (TPSA) is 31.7 Å². The molecule has 2 saturated heterocycles. The van der Waals surface area contributed by atoms with E-state index >= 15 is 0 Å². The molecule has 170 valence electrons. The van der Waals surface area contributed by atoms with E-state index in [9.17, 15) is 4.79 Å². The molecule has 0 spiro atoms. The minimum Gasteiger partial charge on any atom is -0.347 e. The van der Waals surface area contributed by atoms with Crippen molar-refractivity contribution >= 4 is 16.8 Å². The van der Waals surface area contributed by atoms with E-state index in [1.807, 2.05) is 11.9 Å². The van der Waals surface area contributed by atoms with Crippen LogP contribution in [0.4, 0.5) is 0 Å². The molecule has 1 aromatic heterocycles. The van der Waals surface area contributed by atoms with Crippen molar-refractivity contribution in [2.45, 2.75) is 64.6 Å². The Bertz CT molecular complexity index is 867. The van der Waals surface area contributed by atoms with Gasteiger partial charge in [0.2, 0.25) is 5.91 Å². The van der Waals surface area contributed by atoms with Crippen LogP contribution >= 0.6 is 0 Å². The fraction of sp³-hybridized carbons (Fsp3) is 0.654. The van der Waals surface area contributed by atoms with Gasteiger partial charge in [0.15, 0.2) is 0 Å². The van der Waals surface area contributed by atoms with Gasteiger partial charge in [0.05, 0.1) is 0 Å². The van der Waals surface area contributed by atoms with E-state index in [2.05, 4.69) is 58.8 Å². The number of piperidine rings is 2. The summed E-state index contributed by atoms with van der Waals surface area (Å²) >= 11 is 0. The van der Waals surface area contributed by atoms with Crippen molar-refractivity contribution in [3.8, 4) is 0 Å². The molecular weight excluding hydrogens is 384 g/mol. The highest BCUT2D eigenvalue weighted by Crippen LogP contribution is 2.27. The van der Waals surface area contributed by atoms with Crippen molar-refractivity contribution < 1.29 is 4.79 Å². The zero-order valence-electron chi connectivity index (χ0n) is 19.7. The standard InChI is InChI=1S/C26H40N4O/c1-4-30-20-22(24-9-5-6-10-25(24)30)19-29-15-7-8-21(18-29)11-12-26(31)28(3)23-13-16-27(2)17-14-23/h5-6,9-10,20-21,23H,4,7-8,11-19H2,1-3H3. The number of carbonyl (C=O) groups is 1. The smallest absolute Gasteiger partial charge is 0.222 e. The summed E-state index contributed by atoms with van der Waals surface area (Å²) in [5.74, 6) is 0.987. The molecule has 1 aromatic carbocycles. The van der Waals surface area contributed by atoms with Gasteiger partial charge in [-0.05, 0) is 83.3 Å². The van der Waals surface area contributed by atoms with E-state index in [1.54, 1.807) is 0 Å². The minimum absolute atomic E-state index is 0.345. The molecule has 31 heavy (non-hydrogen) atoms. The highest BCUT2D eigenvalue weighted by atomic mass is 16.2. The van der Waals surface area contributed by atoms with Gasteiger partial charge < -0.3 is 14.4 Å². The van der Waals surface area contributed by atoms with Crippen molar-refractivity contribution in [3.05, 3.63) is 36.0 Å². The lowest BCUT2D eigenvalue weighted by molar-refractivity contribution is -0.133. The number of rotatable bonds is 7. The van der Waals surface area contributed by atoms with Crippen molar-refractivity contribution in [3.63, 3.8) is 0 Å². The van der Waals surface area contributed by atoms with Crippen LogP contribution in [0, 0.1) is 5.92 Å². The highest BCUT2D eigenvalue weighted by Gasteiger charge is 2.26. The first kappa shape index (κ1) is 22.3.